The van der Waals surface area contributed by atoms with Crippen molar-refractivity contribution in [3.63, 3.8) is 0 Å². The summed E-state index contributed by atoms with van der Waals surface area (Å²) in [5.74, 6) is 0. The summed E-state index contributed by atoms with van der Waals surface area (Å²) in [6.07, 6.45) is 5.26. The Morgan fingerprint density at radius 2 is 1.56 bits per heavy atom. The van der Waals surface area contributed by atoms with Gasteiger partial charge in [0.2, 0.25) is 8.32 Å². The minimum absolute atomic E-state index is 0.449. The standard InChI is InChI=1S/C16H32OSi/c1-12(2)18(13(3)4,14(5)6)17-16-10-8-9-15(7)11-16/h12-14,16H,7-11H2,1-6H3. The van der Waals surface area contributed by atoms with Crippen LogP contribution in [-0.4, -0.2) is 14.4 Å². The molecule has 18 heavy (non-hydrogen) atoms. The van der Waals surface area contributed by atoms with E-state index >= 15 is 0 Å². The Bertz CT molecular complexity index is 259. The molecule has 0 aliphatic heterocycles. The molecular weight excluding hydrogens is 236 g/mol. The molecule has 1 fully saturated rings. The van der Waals surface area contributed by atoms with Crippen molar-refractivity contribution < 1.29 is 4.43 Å². The predicted molar refractivity (Wildman–Crippen MR) is 83.5 cm³/mol. The van der Waals surface area contributed by atoms with Gasteiger partial charge in [-0.25, -0.2) is 0 Å². The Labute approximate surface area is 115 Å². The van der Waals surface area contributed by atoms with E-state index < -0.39 is 8.32 Å². The van der Waals surface area contributed by atoms with Crippen molar-refractivity contribution in [1.29, 1.82) is 0 Å². The molecule has 0 heterocycles. The van der Waals surface area contributed by atoms with E-state index in [1.807, 2.05) is 0 Å². The highest BCUT2D eigenvalue weighted by Gasteiger charge is 2.46. The van der Waals surface area contributed by atoms with Crippen LogP contribution in [0, 0.1) is 0 Å². The maximum absolute atomic E-state index is 6.81. The van der Waals surface area contributed by atoms with Crippen LogP contribution < -0.4 is 0 Å². The second-order valence-electron chi connectivity index (χ2n) is 6.90. The normalized spacial score (nSPS) is 22.3. The fraction of sp³-hybridized carbons (Fsp3) is 0.875. The Hall–Kier alpha value is -0.0831. The van der Waals surface area contributed by atoms with E-state index in [-0.39, 0.29) is 0 Å². The average molecular weight is 269 g/mol. The third kappa shape index (κ3) is 3.27. The molecule has 0 saturated heterocycles. The van der Waals surface area contributed by atoms with Gasteiger partial charge in [0.05, 0.1) is 0 Å². The Morgan fingerprint density at radius 1 is 1.06 bits per heavy atom. The number of rotatable bonds is 5. The van der Waals surface area contributed by atoms with Crippen molar-refractivity contribution >= 4 is 8.32 Å². The van der Waals surface area contributed by atoms with Gasteiger partial charge in [-0.3, -0.25) is 0 Å². The summed E-state index contributed by atoms with van der Waals surface area (Å²) >= 11 is 0. The van der Waals surface area contributed by atoms with Crippen molar-refractivity contribution in [2.45, 2.75) is 90.0 Å². The summed E-state index contributed by atoms with van der Waals surface area (Å²) in [4.78, 5) is 0. The molecule has 1 nitrogen and oxygen atoms in total. The van der Waals surface area contributed by atoms with Crippen LogP contribution in [0.5, 0.6) is 0 Å². The summed E-state index contributed by atoms with van der Waals surface area (Å²) in [5, 5.41) is 0. The van der Waals surface area contributed by atoms with E-state index in [1.165, 1.54) is 24.8 Å². The second-order valence-corrected chi connectivity index (χ2v) is 12.3. The van der Waals surface area contributed by atoms with E-state index in [2.05, 4.69) is 48.1 Å². The fourth-order valence-electron chi connectivity index (χ4n) is 3.90. The smallest absolute Gasteiger partial charge is 0.200 e. The van der Waals surface area contributed by atoms with Gasteiger partial charge in [-0.15, -0.1) is 0 Å². The molecule has 2 heteroatoms. The summed E-state index contributed by atoms with van der Waals surface area (Å²) in [6, 6.07) is 0. The monoisotopic (exact) mass is 268 g/mol. The zero-order chi connectivity index (χ0) is 13.9. The van der Waals surface area contributed by atoms with Gasteiger partial charge in [0.1, 0.15) is 0 Å². The van der Waals surface area contributed by atoms with E-state index in [0.717, 1.165) is 6.42 Å². The molecule has 0 spiro atoms. The quantitative estimate of drug-likeness (QED) is 0.460. The Balaban J connectivity index is 2.86. The first-order chi connectivity index (χ1) is 8.30. The van der Waals surface area contributed by atoms with Crippen LogP contribution in [0.25, 0.3) is 0 Å². The predicted octanol–water partition coefficient (Wildman–Crippen LogP) is 5.68. The number of hydrogen-bond acceptors (Lipinski definition) is 1. The molecule has 1 unspecified atom stereocenters. The van der Waals surface area contributed by atoms with Gasteiger partial charge < -0.3 is 4.43 Å². The van der Waals surface area contributed by atoms with Gasteiger partial charge in [0.15, 0.2) is 0 Å². The average Bonchev–Trinajstić information content (AvgIpc) is 2.24. The molecule has 0 aromatic carbocycles. The minimum atomic E-state index is -1.69. The van der Waals surface area contributed by atoms with Crippen LogP contribution >= 0.6 is 0 Å². The second kappa shape index (κ2) is 6.38. The van der Waals surface area contributed by atoms with Crippen LogP contribution in [0.15, 0.2) is 12.2 Å². The van der Waals surface area contributed by atoms with Crippen molar-refractivity contribution in [3.8, 4) is 0 Å². The van der Waals surface area contributed by atoms with E-state index in [0.29, 0.717) is 22.7 Å². The molecule has 0 aromatic heterocycles. The van der Waals surface area contributed by atoms with Crippen LogP contribution in [0.2, 0.25) is 16.6 Å². The molecule has 1 aliphatic carbocycles. The summed E-state index contributed by atoms with van der Waals surface area (Å²) in [5.41, 5.74) is 3.46. The molecule has 1 atom stereocenters. The van der Waals surface area contributed by atoms with E-state index in [4.69, 9.17) is 4.43 Å². The highest BCUT2D eigenvalue weighted by molar-refractivity contribution is 6.77. The lowest BCUT2D eigenvalue weighted by atomic mass is 9.94. The molecule has 106 valence electrons. The largest absolute Gasteiger partial charge is 0.413 e. The fourth-order valence-corrected chi connectivity index (χ4v) is 9.50. The molecule has 1 aliphatic rings. The van der Waals surface area contributed by atoms with Crippen LogP contribution in [-0.2, 0) is 4.43 Å². The Kier molecular flexibility index (Phi) is 5.66. The molecular formula is C16H32OSi. The summed E-state index contributed by atoms with van der Waals surface area (Å²) in [7, 11) is -1.69. The maximum atomic E-state index is 6.81. The van der Waals surface area contributed by atoms with Crippen molar-refractivity contribution in [3.05, 3.63) is 12.2 Å². The van der Waals surface area contributed by atoms with Crippen molar-refractivity contribution in [1.82, 2.24) is 0 Å². The minimum Gasteiger partial charge on any atom is -0.413 e. The topological polar surface area (TPSA) is 9.23 Å². The van der Waals surface area contributed by atoms with Gasteiger partial charge in [-0.1, -0.05) is 53.7 Å². The first-order valence-electron chi connectivity index (χ1n) is 7.65. The van der Waals surface area contributed by atoms with Gasteiger partial charge in [-0.05, 0) is 42.3 Å². The van der Waals surface area contributed by atoms with Crippen molar-refractivity contribution in [2.24, 2.45) is 0 Å². The summed E-state index contributed by atoms with van der Waals surface area (Å²) < 4.78 is 6.81. The lowest BCUT2D eigenvalue weighted by molar-refractivity contribution is 0.150. The molecule has 1 rings (SSSR count). The first-order valence-corrected chi connectivity index (χ1v) is 9.79. The zero-order valence-corrected chi connectivity index (χ0v) is 14.3. The number of hydrogen-bond donors (Lipinski definition) is 0. The first kappa shape index (κ1) is 16.0. The van der Waals surface area contributed by atoms with Gasteiger partial charge in [0.25, 0.3) is 0 Å². The highest BCUT2D eigenvalue weighted by atomic mass is 28.4. The van der Waals surface area contributed by atoms with E-state index in [9.17, 15) is 0 Å². The zero-order valence-electron chi connectivity index (χ0n) is 13.3. The molecule has 0 radical (unpaired) electrons. The van der Waals surface area contributed by atoms with E-state index in [1.54, 1.807) is 0 Å². The van der Waals surface area contributed by atoms with Gasteiger partial charge in [-0.2, -0.15) is 0 Å². The third-order valence-electron chi connectivity index (χ3n) is 4.65. The lowest BCUT2D eigenvalue weighted by Gasteiger charge is -2.45. The molecule has 0 aromatic rings. The lowest BCUT2D eigenvalue weighted by Crippen LogP contribution is -2.50. The van der Waals surface area contributed by atoms with Crippen LogP contribution in [0.4, 0.5) is 0 Å². The SMILES string of the molecule is C=C1CCCC(O[Si](C(C)C)(C(C)C)C(C)C)C1. The molecule has 0 amide bonds. The van der Waals surface area contributed by atoms with Crippen LogP contribution in [0.3, 0.4) is 0 Å². The molecule has 0 N–H and O–H groups in total. The summed E-state index contributed by atoms with van der Waals surface area (Å²) in [6.45, 7) is 18.4. The molecule has 1 saturated carbocycles. The molecule has 0 bridgehead atoms. The van der Waals surface area contributed by atoms with Gasteiger partial charge >= 0.3 is 0 Å². The third-order valence-corrected chi connectivity index (χ3v) is 10.8. The van der Waals surface area contributed by atoms with Gasteiger partial charge in [0, 0.05) is 6.10 Å². The maximum Gasteiger partial charge on any atom is 0.200 e. The Morgan fingerprint density at radius 3 is 1.94 bits per heavy atom. The van der Waals surface area contributed by atoms with Crippen LogP contribution in [0.1, 0.15) is 67.2 Å². The van der Waals surface area contributed by atoms with Crippen molar-refractivity contribution in [2.75, 3.05) is 0 Å². The highest BCUT2D eigenvalue weighted by Crippen LogP contribution is 2.44.